The second-order valence-electron chi connectivity index (χ2n) is 6.36. The first-order valence-electron chi connectivity index (χ1n) is 7.76. The van der Waals surface area contributed by atoms with Crippen LogP contribution < -0.4 is 5.32 Å². The van der Waals surface area contributed by atoms with Crippen molar-refractivity contribution < 1.29 is 8.42 Å². The van der Waals surface area contributed by atoms with Crippen molar-refractivity contribution in [3.63, 3.8) is 0 Å². The molecule has 1 aliphatic rings. The molecule has 0 radical (unpaired) electrons. The first kappa shape index (κ1) is 16.5. The summed E-state index contributed by atoms with van der Waals surface area (Å²) < 4.78 is 27.4. The lowest BCUT2D eigenvalue weighted by atomic mass is 10.0. The van der Waals surface area contributed by atoms with E-state index in [-0.39, 0.29) is 12.1 Å². The lowest BCUT2D eigenvalue weighted by Crippen LogP contribution is -2.47. The van der Waals surface area contributed by atoms with Crippen molar-refractivity contribution in [3.05, 3.63) is 18.0 Å². The first-order chi connectivity index (χ1) is 9.82. The highest BCUT2D eigenvalue weighted by Crippen LogP contribution is 2.29. The average Bonchev–Trinajstić information content (AvgIpc) is 2.85. The normalized spacial score (nSPS) is 24.6. The molecule has 1 fully saturated rings. The van der Waals surface area contributed by atoms with Crippen molar-refractivity contribution in [2.24, 2.45) is 0 Å². The topological polar surface area (TPSA) is 65.2 Å². The first-order valence-corrected chi connectivity index (χ1v) is 9.20. The van der Waals surface area contributed by atoms with Crippen molar-refractivity contribution in [2.75, 3.05) is 0 Å². The van der Waals surface area contributed by atoms with Crippen molar-refractivity contribution in [1.29, 1.82) is 0 Å². The van der Waals surface area contributed by atoms with E-state index < -0.39 is 10.0 Å². The van der Waals surface area contributed by atoms with Gasteiger partial charge in [0.05, 0.1) is 4.90 Å². The van der Waals surface area contributed by atoms with Crippen LogP contribution in [0.1, 0.15) is 52.7 Å². The number of hydrogen-bond donors (Lipinski definition) is 2. The molecular formula is C15H27N3O2S. The van der Waals surface area contributed by atoms with Gasteiger partial charge in [0.15, 0.2) is 0 Å². The third-order valence-corrected chi connectivity index (χ3v) is 6.21. The molecule has 5 nitrogen and oxygen atoms in total. The van der Waals surface area contributed by atoms with Gasteiger partial charge in [0.25, 0.3) is 0 Å². The fourth-order valence-corrected chi connectivity index (χ4v) is 4.88. The van der Waals surface area contributed by atoms with E-state index in [0.29, 0.717) is 17.5 Å². The van der Waals surface area contributed by atoms with Gasteiger partial charge < -0.3 is 10.3 Å². The SMILES string of the molecule is CC(C)NCc1cc(S(=O)(=O)N2[C@H](C)CCC[C@@H]2C)c[nH]1. The maximum Gasteiger partial charge on any atom is 0.245 e. The number of H-pyrrole nitrogens is 1. The smallest absolute Gasteiger partial charge is 0.245 e. The van der Waals surface area contributed by atoms with Gasteiger partial charge in [-0.15, -0.1) is 0 Å². The highest BCUT2D eigenvalue weighted by Gasteiger charge is 2.36. The van der Waals surface area contributed by atoms with E-state index in [1.54, 1.807) is 16.6 Å². The fourth-order valence-electron chi connectivity index (χ4n) is 2.98. The third kappa shape index (κ3) is 3.67. The Labute approximate surface area is 128 Å². The Kier molecular flexibility index (Phi) is 5.11. The van der Waals surface area contributed by atoms with Crippen LogP contribution in [-0.2, 0) is 16.6 Å². The van der Waals surface area contributed by atoms with Gasteiger partial charge in [0, 0.05) is 36.6 Å². The minimum Gasteiger partial charge on any atom is -0.363 e. The van der Waals surface area contributed by atoms with Crippen molar-refractivity contribution in [2.45, 2.75) is 76.5 Å². The van der Waals surface area contributed by atoms with E-state index in [4.69, 9.17) is 0 Å². The minimum atomic E-state index is -3.40. The molecule has 2 atom stereocenters. The van der Waals surface area contributed by atoms with Crippen LogP contribution in [0.2, 0.25) is 0 Å². The number of piperidine rings is 1. The number of rotatable bonds is 5. The Bertz CT molecular complexity index is 555. The molecule has 1 saturated heterocycles. The Hall–Kier alpha value is -0.850. The predicted octanol–water partition coefficient (Wildman–Crippen LogP) is 2.46. The average molecular weight is 313 g/mol. The maximum absolute atomic E-state index is 12.8. The van der Waals surface area contributed by atoms with Crippen LogP contribution in [0.25, 0.3) is 0 Å². The monoisotopic (exact) mass is 313 g/mol. The second kappa shape index (κ2) is 6.50. The number of aromatic amines is 1. The van der Waals surface area contributed by atoms with Crippen LogP contribution >= 0.6 is 0 Å². The predicted molar refractivity (Wildman–Crippen MR) is 84.6 cm³/mol. The molecule has 2 rings (SSSR count). The van der Waals surface area contributed by atoms with Gasteiger partial charge in [-0.2, -0.15) is 4.31 Å². The quantitative estimate of drug-likeness (QED) is 0.877. The summed E-state index contributed by atoms with van der Waals surface area (Å²) in [5.41, 5.74) is 0.902. The van der Waals surface area contributed by atoms with E-state index in [1.807, 2.05) is 13.8 Å². The lowest BCUT2D eigenvalue weighted by molar-refractivity contribution is 0.204. The molecule has 0 spiro atoms. The Morgan fingerprint density at radius 1 is 1.33 bits per heavy atom. The van der Waals surface area contributed by atoms with Crippen LogP contribution in [0.4, 0.5) is 0 Å². The molecular weight excluding hydrogens is 286 g/mol. The van der Waals surface area contributed by atoms with Crippen molar-refractivity contribution in [1.82, 2.24) is 14.6 Å². The largest absolute Gasteiger partial charge is 0.363 e. The van der Waals surface area contributed by atoms with Gasteiger partial charge in [0.2, 0.25) is 10.0 Å². The summed E-state index contributed by atoms with van der Waals surface area (Å²) in [7, 11) is -3.40. The highest BCUT2D eigenvalue weighted by atomic mass is 32.2. The molecule has 0 bridgehead atoms. The van der Waals surface area contributed by atoms with Gasteiger partial charge in [-0.1, -0.05) is 20.3 Å². The Morgan fingerprint density at radius 3 is 2.52 bits per heavy atom. The van der Waals surface area contributed by atoms with E-state index in [0.717, 1.165) is 25.0 Å². The highest BCUT2D eigenvalue weighted by molar-refractivity contribution is 7.89. The molecule has 6 heteroatoms. The number of nitrogens with one attached hydrogen (secondary N) is 2. The summed E-state index contributed by atoms with van der Waals surface area (Å²) in [5, 5.41) is 3.28. The number of hydrogen-bond acceptors (Lipinski definition) is 3. The van der Waals surface area contributed by atoms with Gasteiger partial charge in [-0.25, -0.2) is 8.42 Å². The zero-order valence-electron chi connectivity index (χ0n) is 13.4. The molecule has 2 N–H and O–H groups in total. The summed E-state index contributed by atoms with van der Waals surface area (Å²) in [6.07, 6.45) is 4.59. The summed E-state index contributed by atoms with van der Waals surface area (Å²) >= 11 is 0. The van der Waals surface area contributed by atoms with Crippen LogP contribution in [0.5, 0.6) is 0 Å². The van der Waals surface area contributed by atoms with Gasteiger partial charge in [-0.3, -0.25) is 0 Å². The number of sulfonamides is 1. The van der Waals surface area contributed by atoms with E-state index in [9.17, 15) is 8.42 Å². The summed E-state index contributed by atoms with van der Waals surface area (Å²) in [5.74, 6) is 0. The van der Waals surface area contributed by atoms with E-state index in [1.165, 1.54) is 0 Å². The van der Waals surface area contributed by atoms with Crippen molar-refractivity contribution in [3.8, 4) is 0 Å². The van der Waals surface area contributed by atoms with Crippen LogP contribution in [0, 0.1) is 0 Å². The molecule has 0 amide bonds. The van der Waals surface area contributed by atoms with E-state index >= 15 is 0 Å². The van der Waals surface area contributed by atoms with Gasteiger partial charge in [0.1, 0.15) is 0 Å². The summed E-state index contributed by atoms with van der Waals surface area (Å²) in [4.78, 5) is 3.45. The molecule has 0 saturated carbocycles. The molecule has 1 aromatic rings. The summed E-state index contributed by atoms with van der Waals surface area (Å²) in [6, 6.07) is 2.27. The summed E-state index contributed by atoms with van der Waals surface area (Å²) in [6.45, 7) is 8.79. The zero-order valence-corrected chi connectivity index (χ0v) is 14.2. The minimum absolute atomic E-state index is 0.0749. The molecule has 0 aromatic carbocycles. The zero-order chi connectivity index (χ0) is 15.6. The lowest BCUT2D eigenvalue weighted by Gasteiger charge is -2.37. The molecule has 1 aromatic heterocycles. The fraction of sp³-hybridized carbons (Fsp3) is 0.733. The maximum atomic E-state index is 12.8. The number of nitrogens with zero attached hydrogens (tertiary/aromatic N) is 1. The molecule has 2 heterocycles. The third-order valence-electron chi connectivity index (χ3n) is 4.11. The van der Waals surface area contributed by atoms with Gasteiger partial charge in [-0.05, 0) is 32.8 Å². The molecule has 120 valence electrons. The second-order valence-corrected chi connectivity index (χ2v) is 8.20. The molecule has 1 aliphatic heterocycles. The van der Waals surface area contributed by atoms with E-state index in [2.05, 4.69) is 24.1 Å². The Balaban J connectivity index is 2.19. The standard InChI is InChI=1S/C15H27N3O2S/c1-11(2)16-9-14-8-15(10-17-14)21(19,20)18-12(3)6-5-7-13(18)4/h8,10-13,16-17H,5-7,9H2,1-4H3/t12-,13+. The van der Waals surface area contributed by atoms with Crippen LogP contribution in [0.3, 0.4) is 0 Å². The van der Waals surface area contributed by atoms with Crippen LogP contribution in [-0.4, -0.2) is 35.8 Å². The number of aromatic nitrogens is 1. The molecule has 21 heavy (non-hydrogen) atoms. The molecule has 0 aliphatic carbocycles. The molecule has 0 unspecified atom stereocenters. The van der Waals surface area contributed by atoms with Crippen molar-refractivity contribution >= 4 is 10.0 Å². The Morgan fingerprint density at radius 2 is 1.95 bits per heavy atom. The van der Waals surface area contributed by atoms with Gasteiger partial charge >= 0.3 is 0 Å². The van der Waals surface area contributed by atoms with Crippen LogP contribution in [0.15, 0.2) is 17.2 Å².